The van der Waals surface area contributed by atoms with Crippen LogP contribution in [0.15, 0.2) is 4.99 Å². The van der Waals surface area contributed by atoms with E-state index in [9.17, 15) is 9.59 Å². The van der Waals surface area contributed by atoms with Gasteiger partial charge in [0.15, 0.2) is 5.96 Å². The van der Waals surface area contributed by atoms with E-state index < -0.39 is 0 Å². The molecule has 1 atom stereocenters. The molecule has 0 saturated heterocycles. The van der Waals surface area contributed by atoms with Crippen LogP contribution in [0.3, 0.4) is 0 Å². The summed E-state index contributed by atoms with van der Waals surface area (Å²) in [4.78, 5) is 32.0. The Morgan fingerprint density at radius 3 is 2.71 bits per heavy atom. The Labute approximate surface area is 145 Å². The molecule has 1 aromatic heterocycles. The molecule has 9 heteroatoms. The molecule has 0 amide bonds. The van der Waals surface area contributed by atoms with Gasteiger partial charge in [-0.15, -0.1) is 11.3 Å². The molecule has 1 heterocycles. The summed E-state index contributed by atoms with van der Waals surface area (Å²) in [6.45, 7) is 6.20. The lowest BCUT2D eigenvalue weighted by Gasteiger charge is -2.15. The van der Waals surface area contributed by atoms with Gasteiger partial charge in [-0.2, -0.15) is 0 Å². The van der Waals surface area contributed by atoms with Crippen molar-refractivity contribution in [1.82, 2.24) is 15.6 Å². The molecule has 0 aromatic carbocycles. The van der Waals surface area contributed by atoms with E-state index in [1.807, 2.05) is 6.92 Å². The summed E-state index contributed by atoms with van der Waals surface area (Å²) in [7, 11) is 2.99. The summed E-state index contributed by atoms with van der Waals surface area (Å²) < 4.78 is 9.60. The van der Waals surface area contributed by atoms with Gasteiger partial charge in [0.2, 0.25) is 0 Å². The van der Waals surface area contributed by atoms with E-state index in [-0.39, 0.29) is 24.4 Å². The number of hydrogen-bond donors (Lipinski definition) is 2. The fourth-order valence-electron chi connectivity index (χ4n) is 1.84. The SMILES string of the molecule is CCOC(=O)c1sc(C(C)NC(=NC)NCCC(=O)OC)nc1C. The number of nitrogens with zero attached hydrogens (tertiary/aromatic N) is 2. The summed E-state index contributed by atoms with van der Waals surface area (Å²) >= 11 is 1.30. The molecule has 0 aliphatic carbocycles. The van der Waals surface area contributed by atoms with Crippen LogP contribution in [-0.4, -0.2) is 50.2 Å². The van der Waals surface area contributed by atoms with Crippen LogP contribution in [0.5, 0.6) is 0 Å². The maximum absolute atomic E-state index is 11.9. The molecule has 2 N–H and O–H groups in total. The first-order valence-electron chi connectivity index (χ1n) is 7.61. The summed E-state index contributed by atoms with van der Waals surface area (Å²) in [6.07, 6.45) is 0.245. The zero-order valence-electron chi connectivity index (χ0n) is 14.6. The van der Waals surface area contributed by atoms with Gasteiger partial charge in [-0.25, -0.2) is 9.78 Å². The number of nitrogens with one attached hydrogen (secondary N) is 2. The predicted molar refractivity (Wildman–Crippen MR) is 92.4 cm³/mol. The second kappa shape index (κ2) is 9.86. The van der Waals surface area contributed by atoms with Gasteiger partial charge in [-0.1, -0.05) is 0 Å². The molecule has 1 unspecified atom stereocenters. The van der Waals surface area contributed by atoms with Crippen LogP contribution in [-0.2, 0) is 14.3 Å². The highest BCUT2D eigenvalue weighted by atomic mass is 32.1. The molecule has 0 aliphatic rings. The topological polar surface area (TPSA) is 102 Å². The zero-order valence-corrected chi connectivity index (χ0v) is 15.5. The fourth-order valence-corrected chi connectivity index (χ4v) is 2.80. The molecular weight excluding hydrogens is 332 g/mol. The Morgan fingerprint density at radius 1 is 1.42 bits per heavy atom. The molecule has 8 nitrogen and oxygen atoms in total. The number of carbonyl (C=O) groups excluding carboxylic acids is 2. The predicted octanol–water partition coefficient (Wildman–Crippen LogP) is 1.42. The first kappa shape index (κ1) is 19.9. The number of aliphatic imine (C=N–C) groups is 1. The largest absolute Gasteiger partial charge is 0.469 e. The number of ether oxygens (including phenoxy) is 2. The van der Waals surface area contributed by atoms with Gasteiger partial charge in [0.05, 0.1) is 31.9 Å². The van der Waals surface area contributed by atoms with E-state index in [2.05, 4.69) is 25.3 Å². The van der Waals surface area contributed by atoms with Crippen molar-refractivity contribution < 1.29 is 19.1 Å². The van der Waals surface area contributed by atoms with Crippen LogP contribution < -0.4 is 10.6 Å². The van der Waals surface area contributed by atoms with Crippen LogP contribution in [0.25, 0.3) is 0 Å². The van der Waals surface area contributed by atoms with E-state index in [1.165, 1.54) is 18.4 Å². The van der Waals surface area contributed by atoms with E-state index in [0.29, 0.717) is 29.7 Å². The minimum atomic E-state index is -0.355. The quantitative estimate of drug-likeness (QED) is 0.433. The molecular formula is C15H24N4O4S. The van der Waals surface area contributed by atoms with Crippen LogP contribution in [0.1, 0.15) is 46.7 Å². The van der Waals surface area contributed by atoms with Crippen LogP contribution in [0.4, 0.5) is 0 Å². The van der Waals surface area contributed by atoms with Crippen molar-refractivity contribution in [2.75, 3.05) is 27.3 Å². The Balaban J connectivity index is 2.66. The highest BCUT2D eigenvalue weighted by Gasteiger charge is 2.20. The number of guanidine groups is 1. The fraction of sp³-hybridized carbons (Fsp3) is 0.600. The minimum Gasteiger partial charge on any atom is -0.469 e. The lowest BCUT2D eigenvalue weighted by molar-refractivity contribution is -0.140. The van der Waals surface area contributed by atoms with Crippen molar-refractivity contribution >= 4 is 29.2 Å². The normalized spacial score (nSPS) is 12.5. The third kappa shape index (κ3) is 5.80. The molecule has 0 fully saturated rings. The first-order chi connectivity index (χ1) is 11.4. The van der Waals surface area contributed by atoms with E-state index in [4.69, 9.17) is 4.74 Å². The maximum atomic E-state index is 11.9. The number of rotatable bonds is 7. The van der Waals surface area contributed by atoms with Crippen molar-refractivity contribution in [2.24, 2.45) is 4.99 Å². The molecule has 0 saturated carbocycles. The molecule has 0 spiro atoms. The third-order valence-corrected chi connectivity index (χ3v) is 4.39. The average Bonchev–Trinajstić information content (AvgIpc) is 2.95. The monoisotopic (exact) mass is 356 g/mol. The van der Waals surface area contributed by atoms with E-state index >= 15 is 0 Å². The number of aryl methyl sites for hydroxylation is 1. The molecule has 24 heavy (non-hydrogen) atoms. The van der Waals surface area contributed by atoms with Crippen molar-refractivity contribution in [3.05, 3.63) is 15.6 Å². The number of thiazole rings is 1. The summed E-state index contributed by atoms with van der Waals surface area (Å²) in [5.74, 6) is -0.107. The Bertz CT molecular complexity index is 600. The van der Waals surface area contributed by atoms with Crippen LogP contribution in [0, 0.1) is 6.92 Å². The maximum Gasteiger partial charge on any atom is 0.350 e. The highest BCUT2D eigenvalue weighted by Crippen LogP contribution is 2.24. The van der Waals surface area contributed by atoms with Crippen LogP contribution in [0.2, 0.25) is 0 Å². The number of carbonyl (C=O) groups is 2. The lowest BCUT2D eigenvalue weighted by Crippen LogP contribution is -2.39. The number of aromatic nitrogens is 1. The third-order valence-electron chi connectivity index (χ3n) is 3.07. The van der Waals surface area contributed by atoms with Crippen LogP contribution >= 0.6 is 11.3 Å². The molecule has 0 aliphatic heterocycles. The van der Waals surface area contributed by atoms with Gasteiger partial charge in [0.1, 0.15) is 9.88 Å². The smallest absolute Gasteiger partial charge is 0.350 e. The molecule has 1 rings (SSSR count). The van der Waals surface area contributed by atoms with E-state index in [0.717, 1.165) is 5.01 Å². The summed E-state index contributed by atoms with van der Waals surface area (Å²) in [5.41, 5.74) is 0.649. The van der Waals surface area contributed by atoms with Crippen molar-refractivity contribution in [2.45, 2.75) is 33.2 Å². The number of methoxy groups -OCH3 is 1. The lowest BCUT2D eigenvalue weighted by atomic mass is 10.3. The van der Waals surface area contributed by atoms with Gasteiger partial charge in [-0.05, 0) is 20.8 Å². The Kier molecular flexibility index (Phi) is 8.17. The average molecular weight is 356 g/mol. The Morgan fingerprint density at radius 2 is 2.12 bits per heavy atom. The standard InChI is InChI=1S/C15H24N4O4S/c1-6-23-14(21)12-9(2)18-13(24-12)10(3)19-15(16-4)17-8-7-11(20)22-5/h10H,6-8H2,1-5H3,(H2,16,17,19). The molecule has 1 aromatic rings. The van der Waals surface area contributed by atoms with Crippen molar-refractivity contribution in [1.29, 1.82) is 0 Å². The van der Waals surface area contributed by atoms with Gasteiger partial charge < -0.3 is 20.1 Å². The van der Waals surface area contributed by atoms with Crippen molar-refractivity contribution in [3.63, 3.8) is 0 Å². The number of esters is 2. The highest BCUT2D eigenvalue weighted by molar-refractivity contribution is 7.13. The minimum absolute atomic E-state index is 0.152. The molecule has 0 radical (unpaired) electrons. The second-order valence-corrected chi connectivity index (χ2v) is 5.91. The summed E-state index contributed by atoms with van der Waals surface area (Å²) in [6, 6.07) is -0.152. The summed E-state index contributed by atoms with van der Waals surface area (Å²) in [5, 5.41) is 6.95. The second-order valence-electron chi connectivity index (χ2n) is 4.88. The van der Waals surface area contributed by atoms with Gasteiger partial charge >= 0.3 is 11.9 Å². The zero-order chi connectivity index (χ0) is 18.1. The van der Waals surface area contributed by atoms with E-state index in [1.54, 1.807) is 20.9 Å². The van der Waals surface area contributed by atoms with Gasteiger partial charge in [0.25, 0.3) is 0 Å². The first-order valence-corrected chi connectivity index (χ1v) is 8.43. The van der Waals surface area contributed by atoms with Gasteiger partial charge in [-0.3, -0.25) is 9.79 Å². The van der Waals surface area contributed by atoms with Gasteiger partial charge in [0, 0.05) is 13.6 Å². The molecule has 134 valence electrons. The van der Waals surface area contributed by atoms with Crippen molar-refractivity contribution in [3.8, 4) is 0 Å². The molecule has 0 bridgehead atoms. The Hall–Kier alpha value is -2.16. The number of hydrogen-bond acceptors (Lipinski definition) is 7.